The summed E-state index contributed by atoms with van der Waals surface area (Å²) < 4.78 is 5.23. The summed E-state index contributed by atoms with van der Waals surface area (Å²) in [5.74, 6) is 1.42. The number of oxazole rings is 1. The monoisotopic (exact) mass is 197 g/mol. The van der Waals surface area contributed by atoms with Crippen LogP contribution in [-0.4, -0.2) is 36.4 Å². The Hall–Kier alpha value is -1.36. The topological polar surface area (TPSA) is 58.4 Å². The van der Waals surface area contributed by atoms with Crippen LogP contribution in [0.3, 0.4) is 0 Å². The number of carbonyl (C=O) groups is 1. The number of nitrogens with one attached hydrogen (secondary N) is 1. The first kappa shape index (κ1) is 10.7. The Balaban J connectivity index is 2.25. The Morgan fingerprint density at radius 1 is 1.64 bits per heavy atom. The number of aryl methyl sites for hydroxylation is 1. The molecule has 0 spiro atoms. The van der Waals surface area contributed by atoms with Crippen molar-refractivity contribution in [3.05, 3.63) is 17.8 Å². The van der Waals surface area contributed by atoms with Crippen LogP contribution in [0.5, 0.6) is 0 Å². The lowest BCUT2D eigenvalue weighted by Gasteiger charge is -2.09. The van der Waals surface area contributed by atoms with Crippen molar-refractivity contribution < 1.29 is 9.21 Å². The van der Waals surface area contributed by atoms with Crippen molar-refractivity contribution >= 4 is 5.91 Å². The molecule has 0 fully saturated rings. The average molecular weight is 197 g/mol. The second kappa shape index (κ2) is 4.76. The van der Waals surface area contributed by atoms with Gasteiger partial charge in [-0.1, -0.05) is 0 Å². The van der Waals surface area contributed by atoms with Crippen LogP contribution in [0.2, 0.25) is 0 Å². The van der Waals surface area contributed by atoms with Crippen LogP contribution >= 0.6 is 0 Å². The Kier molecular flexibility index (Phi) is 3.64. The Labute approximate surface area is 83.1 Å². The molecule has 0 aliphatic rings. The van der Waals surface area contributed by atoms with Gasteiger partial charge >= 0.3 is 0 Å². The first-order valence-electron chi connectivity index (χ1n) is 4.42. The second-order valence-electron chi connectivity index (χ2n) is 3.26. The van der Waals surface area contributed by atoms with E-state index in [0.29, 0.717) is 19.0 Å². The van der Waals surface area contributed by atoms with E-state index in [1.165, 1.54) is 4.90 Å². The van der Waals surface area contributed by atoms with E-state index in [1.807, 2.05) is 6.92 Å². The van der Waals surface area contributed by atoms with Crippen molar-refractivity contribution in [2.24, 2.45) is 0 Å². The highest BCUT2D eigenvalue weighted by atomic mass is 16.4. The fraction of sp³-hybridized carbons (Fsp3) is 0.556. The maximum atomic E-state index is 11.2. The molecule has 0 atom stereocenters. The van der Waals surface area contributed by atoms with Crippen LogP contribution < -0.4 is 5.32 Å². The molecule has 78 valence electrons. The van der Waals surface area contributed by atoms with E-state index in [2.05, 4.69) is 10.3 Å². The SMILES string of the molecule is Cc1cnc(CNCC(=O)N(C)C)o1. The minimum absolute atomic E-state index is 0.0354. The molecule has 0 aromatic carbocycles. The summed E-state index contributed by atoms with van der Waals surface area (Å²) in [7, 11) is 3.44. The van der Waals surface area contributed by atoms with Crippen LogP contribution in [0.15, 0.2) is 10.6 Å². The van der Waals surface area contributed by atoms with Crippen LogP contribution in [-0.2, 0) is 11.3 Å². The number of carbonyl (C=O) groups excluding carboxylic acids is 1. The van der Waals surface area contributed by atoms with Crippen molar-refractivity contribution in [3.63, 3.8) is 0 Å². The normalized spacial score (nSPS) is 10.2. The van der Waals surface area contributed by atoms with E-state index in [0.717, 1.165) is 5.76 Å². The molecule has 0 saturated carbocycles. The quantitative estimate of drug-likeness (QED) is 0.747. The number of rotatable bonds is 4. The molecule has 1 N–H and O–H groups in total. The van der Waals surface area contributed by atoms with Gasteiger partial charge in [-0.3, -0.25) is 10.1 Å². The van der Waals surface area contributed by atoms with Gasteiger partial charge in [-0.25, -0.2) is 4.98 Å². The van der Waals surface area contributed by atoms with Crippen LogP contribution in [0.1, 0.15) is 11.7 Å². The zero-order chi connectivity index (χ0) is 10.6. The van der Waals surface area contributed by atoms with Crippen molar-refractivity contribution in [1.29, 1.82) is 0 Å². The summed E-state index contributed by atoms with van der Waals surface area (Å²) in [5.41, 5.74) is 0. The predicted octanol–water partition coefficient (Wildman–Crippen LogP) is 0.161. The lowest BCUT2D eigenvalue weighted by atomic mass is 10.5. The number of hydrogen-bond acceptors (Lipinski definition) is 4. The molecule has 0 aliphatic carbocycles. The van der Waals surface area contributed by atoms with E-state index >= 15 is 0 Å². The van der Waals surface area contributed by atoms with Gasteiger partial charge in [-0.2, -0.15) is 0 Å². The number of likely N-dealkylation sites (N-methyl/N-ethyl adjacent to an activating group) is 1. The Morgan fingerprint density at radius 3 is 2.86 bits per heavy atom. The molecule has 1 aromatic rings. The highest BCUT2D eigenvalue weighted by Gasteiger charge is 2.04. The van der Waals surface area contributed by atoms with Crippen LogP contribution in [0, 0.1) is 6.92 Å². The molecule has 1 aromatic heterocycles. The Morgan fingerprint density at radius 2 is 2.36 bits per heavy atom. The van der Waals surface area contributed by atoms with Gasteiger partial charge in [-0.05, 0) is 6.92 Å². The van der Waals surface area contributed by atoms with Gasteiger partial charge in [0, 0.05) is 14.1 Å². The molecule has 0 saturated heterocycles. The van der Waals surface area contributed by atoms with Gasteiger partial charge in [0.15, 0.2) is 0 Å². The summed E-state index contributed by atoms with van der Waals surface area (Å²) >= 11 is 0. The maximum Gasteiger partial charge on any atom is 0.236 e. The molecule has 14 heavy (non-hydrogen) atoms. The summed E-state index contributed by atoms with van der Waals surface area (Å²) in [5, 5.41) is 2.95. The van der Waals surface area contributed by atoms with Gasteiger partial charge in [0.2, 0.25) is 11.8 Å². The maximum absolute atomic E-state index is 11.2. The largest absolute Gasteiger partial charge is 0.445 e. The van der Waals surface area contributed by atoms with E-state index < -0.39 is 0 Å². The molecule has 5 nitrogen and oxygen atoms in total. The van der Waals surface area contributed by atoms with Gasteiger partial charge in [0.05, 0.1) is 19.3 Å². The highest BCUT2D eigenvalue weighted by Crippen LogP contribution is 2.00. The average Bonchev–Trinajstić information content (AvgIpc) is 2.51. The molecule has 1 heterocycles. The highest BCUT2D eigenvalue weighted by molar-refractivity contribution is 5.77. The third-order valence-electron chi connectivity index (χ3n) is 1.72. The first-order valence-corrected chi connectivity index (χ1v) is 4.42. The van der Waals surface area contributed by atoms with E-state index in [-0.39, 0.29) is 5.91 Å². The fourth-order valence-corrected chi connectivity index (χ4v) is 0.918. The van der Waals surface area contributed by atoms with E-state index in [1.54, 1.807) is 20.3 Å². The summed E-state index contributed by atoms with van der Waals surface area (Å²) in [6.45, 7) is 2.61. The minimum atomic E-state index is 0.0354. The summed E-state index contributed by atoms with van der Waals surface area (Å²) in [4.78, 5) is 16.7. The second-order valence-corrected chi connectivity index (χ2v) is 3.26. The number of nitrogens with zero attached hydrogens (tertiary/aromatic N) is 2. The zero-order valence-electron chi connectivity index (χ0n) is 8.70. The smallest absolute Gasteiger partial charge is 0.236 e. The van der Waals surface area contributed by atoms with E-state index in [9.17, 15) is 4.79 Å². The molecule has 0 unspecified atom stereocenters. The number of hydrogen-bond donors (Lipinski definition) is 1. The molecule has 0 bridgehead atoms. The summed E-state index contributed by atoms with van der Waals surface area (Å²) in [6, 6.07) is 0. The lowest BCUT2D eigenvalue weighted by molar-refractivity contribution is -0.127. The van der Waals surface area contributed by atoms with Crippen molar-refractivity contribution in [1.82, 2.24) is 15.2 Å². The van der Waals surface area contributed by atoms with Gasteiger partial charge in [0.1, 0.15) is 5.76 Å². The molecule has 1 rings (SSSR count). The Bertz CT molecular complexity index is 307. The van der Waals surface area contributed by atoms with Gasteiger partial charge in [0.25, 0.3) is 0 Å². The lowest BCUT2D eigenvalue weighted by Crippen LogP contribution is -2.32. The van der Waals surface area contributed by atoms with Gasteiger partial charge < -0.3 is 9.32 Å². The number of aromatic nitrogens is 1. The van der Waals surface area contributed by atoms with Crippen molar-refractivity contribution in [2.45, 2.75) is 13.5 Å². The molecule has 0 aliphatic heterocycles. The number of amides is 1. The van der Waals surface area contributed by atoms with Crippen LogP contribution in [0.25, 0.3) is 0 Å². The van der Waals surface area contributed by atoms with Gasteiger partial charge in [-0.15, -0.1) is 0 Å². The molecule has 1 amide bonds. The first-order chi connectivity index (χ1) is 6.59. The molecule has 5 heteroatoms. The zero-order valence-corrected chi connectivity index (χ0v) is 8.70. The summed E-state index contributed by atoms with van der Waals surface area (Å²) in [6.07, 6.45) is 1.66. The fourth-order valence-electron chi connectivity index (χ4n) is 0.918. The van der Waals surface area contributed by atoms with Crippen LogP contribution in [0.4, 0.5) is 0 Å². The third kappa shape index (κ3) is 3.18. The van der Waals surface area contributed by atoms with E-state index in [4.69, 9.17) is 4.42 Å². The third-order valence-corrected chi connectivity index (χ3v) is 1.72. The predicted molar refractivity (Wildman–Crippen MR) is 51.6 cm³/mol. The van der Waals surface area contributed by atoms with Crippen molar-refractivity contribution in [3.8, 4) is 0 Å². The molecular weight excluding hydrogens is 182 g/mol. The molecular formula is C9H15N3O2. The van der Waals surface area contributed by atoms with Crippen molar-refractivity contribution in [2.75, 3.05) is 20.6 Å². The minimum Gasteiger partial charge on any atom is -0.445 e. The molecule has 0 radical (unpaired) electrons. The standard InChI is InChI=1S/C9H15N3O2/c1-7-4-11-8(14-7)5-10-6-9(13)12(2)3/h4,10H,5-6H2,1-3H3.